The van der Waals surface area contributed by atoms with Crippen molar-refractivity contribution in [2.75, 3.05) is 40.5 Å². The molecule has 0 fully saturated rings. The number of hydrogen-bond acceptors (Lipinski definition) is 11. The van der Waals surface area contributed by atoms with Crippen LogP contribution in [0, 0.1) is 0 Å². The zero-order chi connectivity index (χ0) is 47.2. The van der Waals surface area contributed by atoms with E-state index in [-0.39, 0.29) is 25.3 Å². The van der Waals surface area contributed by atoms with Gasteiger partial charge in [0.25, 0.3) is 11.8 Å². The Kier molecular flexibility index (Phi) is 19.2. The number of imide groups is 1. The number of nitrogens with two attached hydrogens (primary N) is 1. The van der Waals surface area contributed by atoms with E-state index in [1.165, 1.54) is 33.8 Å². The van der Waals surface area contributed by atoms with Crippen LogP contribution in [-0.2, 0) is 47.9 Å². The monoisotopic (exact) mass is 929 g/mol. The molecule has 354 valence electrons. The SMILES string of the molecule is C.CCOS(=O)(=O)C(F)(F)F.COc1ccc2[nH]cc(CCN3C(=O)C=CC3=O)c2c1.COc1ccc2[nH]cc(CCNC(=O)OC(C)(C)C)c2c1.NCCC1=CCc2ccc(O)cc21. The number of carbonyl (C=O) groups is 3. The van der Waals surface area contributed by atoms with Crippen LogP contribution in [0.5, 0.6) is 17.2 Å². The van der Waals surface area contributed by atoms with Crippen molar-refractivity contribution >= 4 is 55.4 Å². The number of allylic oxidation sites excluding steroid dienone is 1. The molecular formula is C46H58F3N5O10S. The Balaban J connectivity index is 0.000000238. The number of aromatic nitrogens is 2. The molecule has 65 heavy (non-hydrogen) atoms. The summed E-state index contributed by atoms with van der Waals surface area (Å²) in [7, 11) is -2.07. The van der Waals surface area contributed by atoms with Crippen molar-refractivity contribution in [3.8, 4) is 17.2 Å². The Morgan fingerprint density at radius 3 is 1.89 bits per heavy atom. The molecule has 3 aromatic carbocycles. The third-order valence-corrected chi connectivity index (χ3v) is 10.6. The van der Waals surface area contributed by atoms with Crippen LogP contribution in [0.2, 0.25) is 0 Å². The summed E-state index contributed by atoms with van der Waals surface area (Å²) in [5, 5.41) is 14.3. The maximum absolute atomic E-state index is 11.6. The highest BCUT2D eigenvalue weighted by Crippen LogP contribution is 2.32. The van der Waals surface area contributed by atoms with Gasteiger partial charge in [-0.2, -0.15) is 21.6 Å². The van der Waals surface area contributed by atoms with Gasteiger partial charge in [0.1, 0.15) is 22.8 Å². The number of nitrogens with one attached hydrogen (secondary N) is 3. The molecule has 15 nitrogen and oxygen atoms in total. The van der Waals surface area contributed by atoms with Crippen molar-refractivity contribution < 1.29 is 59.5 Å². The first-order valence-corrected chi connectivity index (χ1v) is 21.6. The summed E-state index contributed by atoms with van der Waals surface area (Å²) >= 11 is 0. The molecule has 0 saturated carbocycles. The lowest BCUT2D eigenvalue weighted by Crippen LogP contribution is -2.33. The first-order valence-electron chi connectivity index (χ1n) is 20.2. The standard InChI is InChI=1S/C16H22N2O3.C15H14N2O3.C11H13NO.C3H5F3O3S.CH4/c1-16(2,3)21-15(19)17-8-7-11-10-18-14-6-5-12(20-4)9-13(11)14;1-20-11-2-3-13-12(8-11)10(9-16-13)6-7-17-14(18)4-5-15(17)19;12-6-5-9-2-1-8-3-4-10(13)7-11(8)9;1-2-9-10(7,8)3(4,5)6;/h5-6,9-10,18H,7-8H2,1-4H3,(H,17,19);2-5,8-9,16H,6-7H2,1H3;2-4,7,13H,1,5-6,12H2;2H2,1H3;1H4. The summed E-state index contributed by atoms with van der Waals surface area (Å²) in [4.78, 5) is 42.2. The number of rotatable bonds is 12. The molecule has 1 aliphatic carbocycles. The second-order valence-corrected chi connectivity index (χ2v) is 16.8. The van der Waals surface area contributed by atoms with Crippen LogP contribution in [0.3, 0.4) is 0 Å². The van der Waals surface area contributed by atoms with Gasteiger partial charge in [0.05, 0.1) is 20.8 Å². The van der Waals surface area contributed by atoms with Crippen molar-refractivity contribution in [1.82, 2.24) is 20.2 Å². The number of phenolic OH excluding ortho intramolecular Hbond substituents is 1. The number of carbonyl (C=O) groups excluding carboxylic acids is 3. The van der Waals surface area contributed by atoms with Crippen molar-refractivity contribution in [2.24, 2.45) is 5.73 Å². The molecule has 3 amide bonds. The number of amides is 3. The van der Waals surface area contributed by atoms with Crippen LogP contribution in [0.1, 0.15) is 63.8 Å². The number of aromatic amines is 2. The molecule has 7 rings (SSSR count). The fourth-order valence-electron chi connectivity index (χ4n) is 6.48. The van der Waals surface area contributed by atoms with Crippen LogP contribution < -0.4 is 20.5 Å². The van der Waals surface area contributed by atoms with Gasteiger partial charge in [0, 0.05) is 59.4 Å². The lowest BCUT2D eigenvalue weighted by atomic mass is 10.0. The fourth-order valence-corrected chi connectivity index (χ4v) is 6.92. The third-order valence-electron chi connectivity index (χ3n) is 9.49. The van der Waals surface area contributed by atoms with Gasteiger partial charge in [-0.15, -0.1) is 0 Å². The Hall–Kier alpha value is -6.31. The highest BCUT2D eigenvalue weighted by atomic mass is 32.2. The number of hydrogen-bond donors (Lipinski definition) is 5. The lowest BCUT2D eigenvalue weighted by molar-refractivity contribution is -0.136. The molecule has 2 aromatic heterocycles. The summed E-state index contributed by atoms with van der Waals surface area (Å²) in [6.45, 7) is 7.76. The van der Waals surface area contributed by atoms with E-state index in [9.17, 15) is 41.1 Å². The maximum Gasteiger partial charge on any atom is 0.523 e. The van der Waals surface area contributed by atoms with E-state index in [0.717, 1.165) is 70.6 Å². The summed E-state index contributed by atoms with van der Waals surface area (Å²) in [5.74, 6) is 1.46. The minimum Gasteiger partial charge on any atom is -0.508 e. The number of methoxy groups -OCH3 is 2. The highest BCUT2D eigenvalue weighted by molar-refractivity contribution is 7.87. The average Bonchev–Trinajstić information content (AvgIpc) is 4.02. The summed E-state index contributed by atoms with van der Waals surface area (Å²) < 4.78 is 72.8. The number of alkyl carbamates (subject to hydrolysis) is 1. The topological polar surface area (TPSA) is 215 Å². The van der Waals surface area contributed by atoms with Gasteiger partial charge in [-0.1, -0.05) is 19.6 Å². The highest BCUT2D eigenvalue weighted by Gasteiger charge is 2.46. The molecule has 19 heteroatoms. The molecule has 6 N–H and O–H groups in total. The molecule has 0 unspecified atom stereocenters. The number of alkyl halides is 3. The molecule has 0 spiro atoms. The van der Waals surface area contributed by atoms with E-state index in [4.69, 9.17) is 19.9 Å². The molecule has 1 aliphatic heterocycles. The molecule has 0 saturated heterocycles. The van der Waals surface area contributed by atoms with Gasteiger partial charge in [-0.25, -0.2) is 4.79 Å². The quantitative estimate of drug-likeness (QED) is 0.0458. The number of benzene rings is 3. The minimum absolute atomic E-state index is 0. The van der Waals surface area contributed by atoms with Crippen molar-refractivity contribution in [3.63, 3.8) is 0 Å². The Morgan fingerprint density at radius 1 is 0.862 bits per heavy atom. The normalized spacial score (nSPS) is 13.1. The van der Waals surface area contributed by atoms with Gasteiger partial charge in [0.2, 0.25) is 0 Å². The predicted molar refractivity (Wildman–Crippen MR) is 244 cm³/mol. The smallest absolute Gasteiger partial charge is 0.508 e. The molecule has 5 aromatic rings. The Bertz CT molecular complexity index is 2560. The molecule has 0 bridgehead atoms. The lowest BCUT2D eigenvalue weighted by Gasteiger charge is -2.19. The number of fused-ring (bicyclic) bond motifs is 3. The van der Waals surface area contributed by atoms with Gasteiger partial charge >= 0.3 is 21.7 Å². The van der Waals surface area contributed by atoms with E-state index >= 15 is 0 Å². The number of phenols is 1. The number of nitrogens with zero attached hydrogens (tertiary/aromatic N) is 1. The first kappa shape index (κ1) is 53.0. The van der Waals surface area contributed by atoms with E-state index < -0.39 is 27.8 Å². The number of halogens is 3. The van der Waals surface area contributed by atoms with Crippen LogP contribution in [-0.4, -0.2) is 97.9 Å². The van der Waals surface area contributed by atoms with Crippen molar-refractivity contribution in [3.05, 3.63) is 107 Å². The van der Waals surface area contributed by atoms with Crippen molar-refractivity contribution in [2.45, 2.75) is 71.9 Å². The van der Waals surface area contributed by atoms with Gasteiger partial charge in [-0.05, 0) is 136 Å². The average molecular weight is 930 g/mol. The minimum atomic E-state index is -5.35. The van der Waals surface area contributed by atoms with E-state index in [0.29, 0.717) is 31.8 Å². The fraction of sp³-hybridized carbons (Fsp3) is 0.370. The summed E-state index contributed by atoms with van der Waals surface area (Å²) in [5.41, 5.74) is 7.73. The van der Waals surface area contributed by atoms with E-state index in [1.807, 2.05) is 81.7 Å². The number of H-pyrrole nitrogens is 2. The van der Waals surface area contributed by atoms with Gasteiger partial charge in [-0.3, -0.25) is 18.7 Å². The van der Waals surface area contributed by atoms with Crippen molar-refractivity contribution in [1.29, 1.82) is 0 Å². The zero-order valence-corrected chi connectivity index (χ0v) is 37.2. The predicted octanol–water partition coefficient (Wildman–Crippen LogP) is 8.08. The third kappa shape index (κ3) is 15.1. The van der Waals surface area contributed by atoms with E-state index in [2.05, 4.69) is 25.5 Å². The molecule has 3 heterocycles. The van der Waals surface area contributed by atoms with Gasteiger partial charge < -0.3 is 40.3 Å². The van der Waals surface area contributed by atoms with Crippen LogP contribution in [0.15, 0.2) is 85.2 Å². The van der Waals surface area contributed by atoms with Crippen LogP contribution in [0.25, 0.3) is 27.4 Å². The second-order valence-electron chi connectivity index (χ2n) is 15.2. The molecule has 2 aliphatic rings. The largest absolute Gasteiger partial charge is 0.523 e. The number of aromatic hydroxyl groups is 1. The summed E-state index contributed by atoms with van der Waals surface area (Å²) in [6, 6.07) is 17.2. The molecule has 0 radical (unpaired) electrons. The number of ether oxygens (including phenoxy) is 3. The van der Waals surface area contributed by atoms with Crippen LogP contribution >= 0.6 is 0 Å². The Labute approximate surface area is 376 Å². The Morgan fingerprint density at radius 2 is 1.42 bits per heavy atom. The molecule has 0 atom stereocenters. The van der Waals surface area contributed by atoms with Gasteiger partial charge in [0.15, 0.2) is 0 Å². The second kappa shape index (κ2) is 23.6. The first-order chi connectivity index (χ1) is 30.2. The summed E-state index contributed by atoms with van der Waals surface area (Å²) in [6.07, 6.45) is 11.5. The van der Waals surface area contributed by atoms with E-state index in [1.54, 1.807) is 20.3 Å². The maximum atomic E-state index is 11.6. The van der Waals surface area contributed by atoms with Crippen LogP contribution in [0.4, 0.5) is 18.0 Å². The molecular weight excluding hydrogens is 872 g/mol. The zero-order valence-electron chi connectivity index (χ0n) is 36.4.